The largest absolute Gasteiger partial charge is 0.474 e. The molecule has 10 nitrogen and oxygen atoms in total. The number of para-hydroxylation sites is 1. The van der Waals surface area contributed by atoms with Crippen molar-refractivity contribution >= 4 is 34.0 Å². The Morgan fingerprint density at radius 1 is 1.00 bits per heavy atom. The van der Waals surface area contributed by atoms with Crippen LogP contribution in [0.3, 0.4) is 0 Å². The highest BCUT2D eigenvalue weighted by atomic mass is 16.5. The Morgan fingerprint density at radius 2 is 1.84 bits per heavy atom. The number of hydrogen-bond acceptors (Lipinski definition) is 8. The first-order valence-corrected chi connectivity index (χ1v) is 12.9. The molecule has 2 aliphatic rings. The zero-order valence-corrected chi connectivity index (χ0v) is 20.8. The first kappa shape index (κ1) is 22.6. The van der Waals surface area contributed by atoms with Gasteiger partial charge in [-0.1, -0.05) is 18.2 Å². The summed E-state index contributed by atoms with van der Waals surface area (Å²) in [6.45, 7) is 3.99. The lowest BCUT2D eigenvalue weighted by Gasteiger charge is -2.36. The normalized spacial score (nSPS) is 17.9. The Bertz CT molecular complexity index is 1610. The second-order valence-corrected chi connectivity index (χ2v) is 9.67. The summed E-state index contributed by atoms with van der Waals surface area (Å²) in [5.41, 5.74) is 3.45. The summed E-state index contributed by atoms with van der Waals surface area (Å²) in [6.07, 6.45) is 4.87. The number of pyridine rings is 1. The third-order valence-electron chi connectivity index (χ3n) is 7.23. The van der Waals surface area contributed by atoms with E-state index in [-0.39, 0.29) is 11.9 Å². The van der Waals surface area contributed by atoms with Crippen LogP contribution >= 0.6 is 0 Å². The van der Waals surface area contributed by atoms with Crippen LogP contribution in [0.5, 0.6) is 5.88 Å². The van der Waals surface area contributed by atoms with Crippen molar-refractivity contribution in [1.82, 2.24) is 24.9 Å². The number of anilines is 2. The number of ether oxygens (including phenoxy) is 1. The molecular formula is C28H27N7O3. The molecule has 4 aromatic heterocycles. The molecule has 2 aliphatic heterocycles. The molecular weight excluding hydrogens is 482 g/mol. The van der Waals surface area contributed by atoms with Crippen LogP contribution in [0.2, 0.25) is 0 Å². The van der Waals surface area contributed by atoms with Crippen LogP contribution in [0.4, 0.5) is 11.5 Å². The minimum Gasteiger partial charge on any atom is -0.474 e. The highest BCUT2D eigenvalue weighted by Gasteiger charge is 2.23. The molecule has 0 radical (unpaired) electrons. The zero-order valence-electron chi connectivity index (χ0n) is 20.8. The fourth-order valence-corrected chi connectivity index (χ4v) is 5.23. The number of hydrogen-bond donors (Lipinski definition) is 1. The van der Waals surface area contributed by atoms with Gasteiger partial charge in [-0.2, -0.15) is 0 Å². The second kappa shape index (κ2) is 9.37. The molecule has 1 N–H and O–H groups in total. The lowest BCUT2D eigenvalue weighted by atomic mass is 10.2. The Labute approximate surface area is 218 Å². The van der Waals surface area contributed by atoms with Crippen LogP contribution in [0.25, 0.3) is 28.1 Å². The van der Waals surface area contributed by atoms with Gasteiger partial charge in [0, 0.05) is 50.6 Å². The smallest absolute Gasteiger partial charge is 0.231 e. The molecule has 7 rings (SSSR count). The van der Waals surface area contributed by atoms with E-state index in [2.05, 4.69) is 49.5 Å². The number of furan rings is 1. The van der Waals surface area contributed by atoms with Crippen LogP contribution in [-0.4, -0.2) is 64.3 Å². The molecule has 5 aromatic rings. The molecule has 0 bridgehead atoms. The maximum atomic E-state index is 11.5. The molecule has 0 aliphatic carbocycles. The van der Waals surface area contributed by atoms with Gasteiger partial charge in [0.05, 0.1) is 17.6 Å². The quantitative estimate of drug-likeness (QED) is 0.371. The lowest BCUT2D eigenvalue weighted by Crippen LogP contribution is -2.46. The molecule has 1 aromatic carbocycles. The van der Waals surface area contributed by atoms with Gasteiger partial charge < -0.3 is 24.3 Å². The number of imidazole rings is 1. The summed E-state index contributed by atoms with van der Waals surface area (Å²) in [7, 11) is 0. The van der Waals surface area contributed by atoms with E-state index in [1.807, 2.05) is 24.3 Å². The fourth-order valence-electron chi connectivity index (χ4n) is 5.23. The minimum absolute atomic E-state index is 0.0121. The van der Waals surface area contributed by atoms with Gasteiger partial charge in [0.1, 0.15) is 23.7 Å². The van der Waals surface area contributed by atoms with Crippen molar-refractivity contribution in [2.75, 3.05) is 42.6 Å². The van der Waals surface area contributed by atoms with E-state index in [9.17, 15) is 4.79 Å². The Kier molecular flexibility index (Phi) is 5.57. The minimum atomic E-state index is 0.0121. The van der Waals surface area contributed by atoms with Gasteiger partial charge in [-0.3, -0.25) is 4.79 Å². The highest BCUT2D eigenvalue weighted by Crippen LogP contribution is 2.33. The number of nitrogens with zero attached hydrogens (tertiary/aromatic N) is 6. The number of nitrogens with one attached hydrogen (secondary N) is 1. The van der Waals surface area contributed by atoms with E-state index < -0.39 is 0 Å². The molecule has 0 spiro atoms. The fraction of sp³-hybridized carbons (Fsp3) is 0.286. The number of aromatic nitrogens is 4. The van der Waals surface area contributed by atoms with E-state index in [0.29, 0.717) is 30.3 Å². The number of carbonyl (C=O) groups is 1. The Balaban J connectivity index is 1.13. The standard InChI is InChI=1S/C28H27N7O3/c36-26-8-6-19(31-26)18-37-27-9-7-25-30-17-22(35(25)32-27)24-16-21-23(38-24)10-11-29-28(21)34-14-12-33(13-15-34)20-4-2-1-3-5-20/h1-5,7,9-11,16-17,19H,6,8,12-15,18H2,(H,31,36). The van der Waals surface area contributed by atoms with Crippen LogP contribution in [0.15, 0.2) is 71.4 Å². The molecule has 1 atom stereocenters. The topological polar surface area (TPSA) is 101 Å². The van der Waals surface area contributed by atoms with E-state index >= 15 is 0 Å². The van der Waals surface area contributed by atoms with Gasteiger partial charge in [-0.25, -0.2) is 14.5 Å². The Morgan fingerprint density at radius 3 is 2.66 bits per heavy atom. The number of rotatable bonds is 6. The van der Waals surface area contributed by atoms with Crippen LogP contribution < -0.4 is 19.9 Å². The molecule has 6 heterocycles. The summed E-state index contributed by atoms with van der Waals surface area (Å²) in [5, 5.41) is 8.52. The van der Waals surface area contributed by atoms with Gasteiger partial charge in [-0.05, 0) is 36.8 Å². The predicted molar refractivity (Wildman–Crippen MR) is 144 cm³/mol. The third-order valence-corrected chi connectivity index (χ3v) is 7.23. The van der Waals surface area contributed by atoms with Crippen molar-refractivity contribution < 1.29 is 13.9 Å². The van der Waals surface area contributed by atoms with Crippen molar-refractivity contribution in [2.24, 2.45) is 0 Å². The molecule has 2 fully saturated rings. The summed E-state index contributed by atoms with van der Waals surface area (Å²) in [6, 6.07) is 18.1. The molecule has 10 heteroatoms. The summed E-state index contributed by atoms with van der Waals surface area (Å²) in [4.78, 5) is 25.4. The number of carbonyl (C=O) groups excluding carboxylic acids is 1. The number of piperazine rings is 1. The van der Waals surface area contributed by atoms with Crippen LogP contribution in [0.1, 0.15) is 12.8 Å². The monoisotopic (exact) mass is 509 g/mol. The second-order valence-electron chi connectivity index (χ2n) is 9.67. The molecule has 2 saturated heterocycles. The highest BCUT2D eigenvalue weighted by molar-refractivity contribution is 5.92. The van der Waals surface area contributed by atoms with E-state index in [1.54, 1.807) is 23.0 Å². The average molecular weight is 510 g/mol. The molecule has 38 heavy (non-hydrogen) atoms. The van der Waals surface area contributed by atoms with E-state index in [1.165, 1.54) is 5.69 Å². The van der Waals surface area contributed by atoms with Crippen LogP contribution in [-0.2, 0) is 4.79 Å². The number of fused-ring (bicyclic) bond motifs is 2. The van der Waals surface area contributed by atoms with Gasteiger partial charge in [0.15, 0.2) is 11.4 Å². The van der Waals surface area contributed by atoms with Gasteiger partial charge in [0.25, 0.3) is 0 Å². The maximum absolute atomic E-state index is 11.5. The number of amides is 1. The summed E-state index contributed by atoms with van der Waals surface area (Å²) < 4.78 is 13.9. The molecule has 192 valence electrons. The van der Waals surface area contributed by atoms with Crippen molar-refractivity contribution in [2.45, 2.75) is 18.9 Å². The van der Waals surface area contributed by atoms with Crippen molar-refractivity contribution in [3.05, 3.63) is 67.0 Å². The van der Waals surface area contributed by atoms with Crippen molar-refractivity contribution in [3.8, 4) is 17.3 Å². The van der Waals surface area contributed by atoms with Crippen molar-refractivity contribution in [3.63, 3.8) is 0 Å². The molecule has 1 unspecified atom stereocenters. The summed E-state index contributed by atoms with van der Waals surface area (Å²) in [5.74, 6) is 2.12. The van der Waals surface area contributed by atoms with E-state index in [0.717, 1.165) is 55.1 Å². The first-order valence-electron chi connectivity index (χ1n) is 12.9. The summed E-state index contributed by atoms with van der Waals surface area (Å²) >= 11 is 0. The average Bonchev–Trinajstić information content (AvgIpc) is 3.70. The van der Waals surface area contributed by atoms with Crippen molar-refractivity contribution in [1.29, 1.82) is 0 Å². The molecule has 0 saturated carbocycles. The van der Waals surface area contributed by atoms with Gasteiger partial charge in [0.2, 0.25) is 11.8 Å². The molecule has 1 amide bonds. The maximum Gasteiger partial charge on any atom is 0.231 e. The van der Waals surface area contributed by atoms with Gasteiger partial charge >= 0.3 is 0 Å². The zero-order chi connectivity index (χ0) is 25.5. The lowest BCUT2D eigenvalue weighted by molar-refractivity contribution is -0.119. The van der Waals surface area contributed by atoms with E-state index in [4.69, 9.17) is 14.1 Å². The first-order chi connectivity index (χ1) is 18.7. The van der Waals surface area contributed by atoms with Crippen LogP contribution in [0, 0.1) is 0 Å². The SMILES string of the molecule is O=C1CCC(COc2ccc3ncc(-c4cc5c(N6CCN(c7ccccc7)CC6)nccc5o4)n3n2)N1. The van der Waals surface area contributed by atoms with Gasteiger partial charge in [-0.15, -0.1) is 5.10 Å². The Hall–Kier alpha value is -4.60. The number of benzene rings is 1. The third kappa shape index (κ3) is 4.17. The predicted octanol–water partition coefficient (Wildman–Crippen LogP) is 3.52.